The number of ether oxygens (including phenoxy) is 1. The van der Waals surface area contributed by atoms with E-state index in [2.05, 4.69) is 10.3 Å². The van der Waals surface area contributed by atoms with Crippen LogP contribution in [0.4, 0.5) is 5.69 Å². The number of methoxy groups -OCH3 is 1. The molecule has 1 aliphatic rings. The van der Waals surface area contributed by atoms with E-state index in [0.717, 1.165) is 16.9 Å². The van der Waals surface area contributed by atoms with Gasteiger partial charge in [0.2, 0.25) is 0 Å². The molecule has 6 nitrogen and oxygen atoms in total. The van der Waals surface area contributed by atoms with E-state index in [1.54, 1.807) is 6.20 Å². The second-order valence-corrected chi connectivity index (χ2v) is 6.17. The number of fused-ring (bicyclic) bond motifs is 1. The van der Waals surface area contributed by atoms with E-state index in [1.807, 2.05) is 42.5 Å². The number of aliphatic imine (C=N–C) groups is 1. The molecule has 2 heterocycles. The first-order chi connectivity index (χ1) is 12.5. The van der Waals surface area contributed by atoms with Crippen molar-refractivity contribution in [2.75, 3.05) is 12.4 Å². The first-order valence-corrected chi connectivity index (χ1v) is 8.43. The standard InChI is InChI=1S/C19H18ClN3O3/c1-11(19(24)25)17(26-2)16-18(20)22-13-8-4-3-7-12(13)15(23-16)14-9-5-6-10-21-14/h3-10,15,18,22H,1-2H3,(H,24,25)/b17-11+/t15-,18?/m0/s1. The zero-order valence-electron chi connectivity index (χ0n) is 14.3. The number of aromatic nitrogens is 1. The van der Waals surface area contributed by atoms with Gasteiger partial charge < -0.3 is 15.2 Å². The Bertz CT molecular complexity index is 881. The van der Waals surface area contributed by atoms with Crippen LogP contribution in [0.1, 0.15) is 24.2 Å². The molecule has 1 unspecified atom stereocenters. The van der Waals surface area contributed by atoms with Crippen molar-refractivity contribution < 1.29 is 14.6 Å². The summed E-state index contributed by atoms with van der Waals surface area (Å²) in [6.07, 6.45) is 1.69. The van der Waals surface area contributed by atoms with E-state index in [1.165, 1.54) is 14.0 Å². The molecule has 0 saturated carbocycles. The number of pyridine rings is 1. The minimum Gasteiger partial charge on any atom is -0.494 e. The van der Waals surface area contributed by atoms with E-state index in [0.29, 0.717) is 5.71 Å². The summed E-state index contributed by atoms with van der Waals surface area (Å²) in [7, 11) is 1.40. The number of carboxylic acid groups (broad SMARTS) is 1. The highest BCUT2D eigenvalue weighted by Gasteiger charge is 2.30. The van der Waals surface area contributed by atoms with Gasteiger partial charge in [0.1, 0.15) is 17.3 Å². The molecule has 2 N–H and O–H groups in total. The quantitative estimate of drug-likeness (QED) is 0.371. The van der Waals surface area contributed by atoms with E-state index >= 15 is 0 Å². The number of alkyl halides is 1. The van der Waals surface area contributed by atoms with Crippen LogP contribution < -0.4 is 5.32 Å². The van der Waals surface area contributed by atoms with Gasteiger partial charge in [-0.25, -0.2) is 4.79 Å². The topological polar surface area (TPSA) is 83.8 Å². The van der Waals surface area contributed by atoms with Crippen molar-refractivity contribution in [2.45, 2.75) is 18.5 Å². The van der Waals surface area contributed by atoms with Crippen LogP contribution in [0.5, 0.6) is 0 Å². The first kappa shape index (κ1) is 17.9. The van der Waals surface area contributed by atoms with Crippen molar-refractivity contribution >= 4 is 29.0 Å². The van der Waals surface area contributed by atoms with Gasteiger partial charge in [-0.05, 0) is 25.1 Å². The third kappa shape index (κ3) is 3.41. The summed E-state index contributed by atoms with van der Waals surface area (Å²) in [5, 5.41) is 12.5. The molecule has 134 valence electrons. The molecular formula is C19H18ClN3O3. The number of para-hydroxylation sites is 1. The van der Waals surface area contributed by atoms with Crippen molar-refractivity contribution in [1.82, 2.24) is 4.98 Å². The van der Waals surface area contributed by atoms with Crippen LogP contribution in [0.2, 0.25) is 0 Å². The molecule has 0 spiro atoms. The van der Waals surface area contributed by atoms with Gasteiger partial charge in [0.05, 0.1) is 18.4 Å². The van der Waals surface area contributed by atoms with E-state index in [-0.39, 0.29) is 11.3 Å². The lowest BCUT2D eigenvalue weighted by Gasteiger charge is -2.17. The second kappa shape index (κ2) is 7.58. The molecule has 2 atom stereocenters. The Morgan fingerprint density at radius 1 is 1.23 bits per heavy atom. The number of rotatable bonds is 4. The van der Waals surface area contributed by atoms with E-state index < -0.39 is 17.5 Å². The predicted molar refractivity (Wildman–Crippen MR) is 101 cm³/mol. The van der Waals surface area contributed by atoms with Gasteiger partial charge in [0, 0.05) is 17.4 Å². The maximum atomic E-state index is 11.4. The summed E-state index contributed by atoms with van der Waals surface area (Å²) in [5.41, 5.74) is 2.04. The Morgan fingerprint density at radius 2 is 1.96 bits per heavy atom. The van der Waals surface area contributed by atoms with Gasteiger partial charge in [0.15, 0.2) is 5.76 Å². The normalized spacial score (nSPS) is 20.0. The highest BCUT2D eigenvalue weighted by molar-refractivity contribution is 6.36. The number of nitrogens with one attached hydrogen (secondary N) is 1. The Balaban J connectivity index is 2.22. The van der Waals surface area contributed by atoms with Crippen LogP contribution in [0.15, 0.2) is 65.0 Å². The maximum absolute atomic E-state index is 11.4. The molecule has 0 fully saturated rings. The highest BCUT2D eigenvalue weighted by Crippen LogP contribution is 2.35. The average Bonchev–Trinajstić information content (AvgIpc) is 2.80. The summed E-state index contributed by atoms with van der Waals surface area (Å²) in [6.45, 7) is 1.46. The number of hydrogen-bond acceptors (Lipinski definition) is 5. The minimum absolute atomic E-state index is 0.0319. The molecule has 7 heteroatoms. The van der Waals surface area contributed by atoms with Crippen LogP contribution in [-0.2, 0) is 9.53 Å². The van der Waals surface area contributed by atoms with Crippen molar-refractivity contribution in [3.63, 3.8) is 0 Å². The number of nitrogens with zero attached hydrogens (tertiary/aromatic N) is 2. The predicted octanol–water partition coefficient (Wildman–Crippen LogP) is 3.61. The Labute approximate surface area is 156 Å². The number of carboxylic acids is 1. The second-order valence-electron chi connectivity index (χ2n) is 5.73. The monoisotopic (exact) mass is 371 g/mol. The Morgan fingerprint density at radius 3 is 2.62 bits per heavy atom. The molecule has 26 heavy (non-hydrogen) atoms. The molecule has 1 aromatic carbocycles. The fourth-order valence-electron chi connectivity index (χ4n) is 2.83. The molecule has 0 bridgehead atoms. The van der Waals surface area contributed by atoms with Crippen LogP contribution in [0.25, 0.3) is 0 Å². The Hall–Kier alpha value is -2.86. The van der Waals surface area contributed by atoms with Gasteiger partial charge in [0.25, 0.3) is 0 Å². The van der Waals surface area contributed by atoms with Gasteiger partial charge in [-0.3, -0.25) is 9.98 Å². The van der Waals surface area contributed by atoms with Crippen LogP contribution in [-0.4, -0.2) is 34.4 Å². The zero-order valence-corrected chi connectivity index (χ0v) is 15.1. The summed E-state index contributed by atoms with van der Waals surface area (Å²) in [5.74, 6) is -0.955. The molecule has 0 amide bonds. The van der Waals surface area contributed by atoms with Crippen molar-refractivity contribution in [2.24, 2.45) is 4.99 Å². The number of aliphatic carboxylic acids is 1. The van der Waals surface area contributed by atoms with Gasteiger partial charge >= 0.3 is 5.97 Å². The number of anilines is 1. The molecule has 1 aliphatic heterocycles. The smallest absolute Gasteiger partial charge is 0.335 e. The highest BCUT2D eigenvalue weighted by atomic mass is 35.5. The summed E-state index contributed by atoms with van der Waals surface area (Å²) >= 11 is 6.52. The largest absolute Gasteiger partial charge is 0.494 e. The van der Waals surface area contributed by atoms with Crippen molar-refractivity contribution in [1.29, 1.82) is 0 Å². The molecular weight excluding hydrogens is 354 g/mol. The van der Waals surface area contributed by atoms with Crippen molar-refractivity contribution in [3.05, 3.63) is 71.3 Å². The fraction of sp³-hybridized carbons (Fsp3) is 0.211. The molecule has 0 aliphatic carbocycles. The number of benzene rings is 1. The van der Waals surface area contributed by atoms with E-state index in [4.69, 9.17) is 21.3 Å². The van der Waals surface area contributed by atoms with Crippen molar-refractivity contribution in [3.8, 4) is 0 Å². The van der Waals surface area contributed by atoms with Crippen LogP contribution in [0, 0.1) is 0 Å². The third-order valence-corrected chi connectivity index (χ3v) is 4.43. The average molecular weight is 372 g/mol. The van der Waals surface area contributed by atoms with Gasteiger partial charge in [-0.15, -0.1) is 0 Å². The van der Waals surface area contributed by atoms with Crippen LogP contribution in [0.3, 0.4) is 0 Å². The van der Waals surface area contributed by atoms with Crippen LogP contribution >= 0.6 is 11.6 Å². The zero-order chi connectivity index (χ0) is 18.7. The molecule has 0 radical (unpaired) electrons. The SMILES string of the molecule is CO/C(C1=N[C@H](c2ccccn2)c2ccccc2NC1Cl)=C(\C)C(=O)O. The third-order valence-electron chi connectivity index (χ3n) is 4.11. The van der Waals surface area contributed by atoms with Gasteiger partial charge in [-0.2, -0.15) is 0 Å². The first-order valence-electron chi connectivity index (χ1n) is 7.99. The number of halogens is 1. The summed E-state index contributed by atoms with van der Waals surface area (Å²) < 4.78 is 5.35. The van der Waals surface area contributed by atoms with Gasteiger partial charge in [-0.1, -0.05) is 35.9 Å². The maximum Gasteiger partial charge on any atom is 0.335 e. The lowest BCUT2D eigenvalue weighted by molar-refractivity contribution is -0.132. The summed E-state index contributed by atoms with van der Waals surface area (Å²) in [4.78, 5) is 20.6. The molecule has 3 rings (SSSR count). The minimum atomic E-state index is -1.09. The molecule has 0 saturated heterocycles. The lowest BCUT2D eigenvalue weighted by Crippen LogP contribution is -2.27. The lowest BCUT2D eigenvalue weighted by atomic mass is 10.0. The molecule has 2 aromatic rings. The Kier molecular flexibility index (Phi) is 5.23. The fourth-order valence-corrected chi connectivity index (χ4v) is 3.10. The molecule has 1 aromatic heterocycles. The summed E-state index contributed by atoms with van der Waals surface area (Å²) in [6, 6.07) is 12.8. The number of hydrogen-bond donors (Lipinski definition) is 2. The number of carbonyl (C=O) groups is 1. The van der Waals surface area contributed by atoms with E-state index in [9.17, 15) is 9.90 Å².